The first-order valence-electron chi connectivity index (χ1n) is 5.45. The van der Waals surface area contributed by atoms with E-state index in [-0.39, 0.29) is 57.9 Å². The summed E-state index contributed by atoms with van der Waals surface area (Å²) in [6.45, 7) is -1.03. The van der Waals surface area contributed by atoms with Gasteiger partial charge in [-0.05, 0) is 32.4 Å². The van der Waals surface area contributed by atoms with Gasteiger partial charge in [-0.1, -0.05) is 12.8 Å². The summed E-state index contributed by atoms with van der Waals surface area (Å²) < 4.78 is 36.8. The van der Waals surface area contributed by atoms with Gasteiger partial charge in [-0.2, -0.15) is 0 Å². The van der Waals surface area contributed by atoms with Gasteiger partial charge in [0.1, 0.15) is 0 Å². The van der Waals surface area contributed by atoms with Gasteiger partial charge in [-0.15, -0.1) is 12.1 Å². The Balaban J connectivity index is 0.00000225. The molecule has 1 aliphatic carbocycles. The number of likely N-dealkylation sites (N-methyl/N-ethyl adjacent to an activating group) is 1. The van der Waals surface area contributed by atoms with Crippen molar-refractivity contribution in [1.29, 1.82) is 0 Å². The van der Waals surface area contributed by atoms with Gasteiger partial charge in [0, 0.05) is 6.54 Å². The number of hydrogen-bond acceptors (Lipinski definition) is 1. The molecule has 1 saturated carbocycles. The van der Waals surface area contributed by atoms with Crippen LogP contribution in [-0.4, -0.2) is 32.0 Å². The average molecular weight is 259 g/mol. The maximum absolute atomic E-state index is 12.3. The predicted molar refractivity (Wildman–Crippen MR) is 57.7 cm³/mol. The minimum Gasteiger partial charge on any atom is -0.445 e. The van der Waals surface area contributed by atoms with Crippen molar-refractivity contribution in [3.63, 3.8) is 0 Å². The van der Waals surface area contributed by atoms with Gasteiger partial charge in [0.15, 0.2) is 0 Å². The van der Waals surface area contributed by atoms with Gasteiger partial charge in [0.05, 0.1) is 0 Å². The number of hydrogen-bond donors (Lipinski definition) is 0. The van der Waals surface area contributed by atoms with Crippen molar-refractivity contribution in [2.75, 3.05) is 20.1 Å². The standard InChI is InChI=1S/C10H18BF3N.K/c1-9(11(12,13)14)7-15(2)8-10-5-3-4-6-10;/h10H,1,3-8H2,2H3;/q-1;+1. The van der Waals surface area contributed by atoms with Gasteiger partial charge in [0.2, 0.25) is 0 Å². The van der Waals surface area contributed by atoms with E-state index in [4.69, 9.17) is 0 Å². The van der Waals surface area contributed by atoms with Crippen LogP contribution in [0.5, 0.6) is 0 Å². The molecule has 0 saturated heterocycles. The molecule has 0 spiro atoms. The second kappa shape index (κ2) is 7.59. The van der Waals surface area contributed by atoms with Gasteiger partial charge in [0.25, 0.3) is 0 Å². The summed E-state index contributed by atoms with van der Waals surface area (Å²) in [7, 11) is 1.74. The molecule has 1 aliphatic rings. The van der Waals surface area contributed by atoms with E-state index in [1.54, 1.807) is 11.9 Å². The largest absolute Gasteiger partial charge is 1.00 e. The van der Waals surface area contributed by atoms with Gasteiger partial charge in [-0.3, -0.25) is 0 Å². The fourth-order valence-electron chi connectivity index (χ4n) is 2.15. The number of nitrogens with zero attached hydrogens (tertiary/aromatic N) is 1. The normalized spacial score (nSPS) is 17.6. The molecule has 0 heterocycles. The Morgan fingerprint density at radius 3 is 2.25 bits per heavy atom. The molecule has 0 aliphatic heterocycles. The van der Waals surface area contributed by atoms with Crippen LogP contribution < -0.4 is 51.4 Å². The minimum absolute atomic E-state index is 0. The van der Waals surface area contributed by atoms with Crippen LogP contribution >= 0.6 is 0 Å². The quantitative estimate of drug-likeness (QED) is 0.631. The van der Waals surface area contributed by atoms with E-state index >= 15 is 0 Å². The monoisotopic (exact) mass is 259 g/mol. The molecule has 6 heteroatoms. The second-order valence-electron chi connectivity index (χ2n) is 4.58. The summed E-state index contributed by atoms with van der Waals surface area (Å²) in [5.41, 5.74) is -0.588. The molecular weight excluding hydrogens is 241 g/mol. The summed E-state index contributed by atoms with van der Waals surface area (Å²) in [5, 5.41) is 0. The zero-order valence-electron chi connectivity index (χ0n) is 10.2. The van der Waals surface area contributed by atoms with E-state index in [9.17, 15) is 12.9 Å². The van der Waals surface area contributed by atoms with Crippen LogP contribution in [0.2, 0.25) is 0 Å². The molecule has 0 aromatic rings. The van der Waals surface area contributed by atoms with Crippen molar-refractivity contribution in [2.24, 2.45) is 5.92 Å². The Hall–Kier alpha value is 1.19. The summed E-state index contributed by atoms with van der Waals surface area (Å²) in [4.78, 5) is 1.74. The van der Waals surface area contributed by atoms with E-state index in [2.05, 4.69) is 6.58 Å². The Morgan fingerprint density at radius 1 is 1.31 bits per heavy atom. The third-order valence-corrected chi connectivity index (χ3v) is 2.98. The van der Waals surface area contributed by atoms with Crippen molar-refractivity contribution in [3.8, 4) is 0 Å². The molecule has 0 radical (unpaired) electrons. The maximum Gasteiger partial charge on any atom is 1.00 e. The molecular formula is C10H18BF3KN. The van der Waals surface area contributed by atoms with Crippen LogP contribution in [0.1, 0.15) is 25.7 Å². The van der Waals surface area contributed by atoms with Crippen LogP contribution in [0.25, 0.3) is 0 Å². The first-order valence-corrected chi connectivity index (χ1v) is 5.45. The molecule has 0 amide bonds. The van der Waals surface area contributed by atoms with Crippen LogP contribution in [0, 0.1) is 5.92 Å². The second-order valence-corrected chi connectivity index (χ2v) is 4.58. The molecule has 1 fully saturated rings. The average Bonchev–Trinajstić information content (AvgIpc) is 2.54. The van der Waals surface area contributed by atoms with Crippen molar-refractivity contribution < 1.29 is 64.3 Å². The molecule has 16 heavy (non-hydrogen) atoms. The van der Waals surface area contributed by atoms with Crippen molar-refractivity contribution >= 4 is 6.98 Å². The van der Waals surface area contributed by atoms with Crippen LogP contribution in [0.15, 0.2) is 12.1 Å². The first-order chi connectivity index (χ1) is 6.89. The smallest absolute Gasteiger partial charge is 0.445 e. The van der Waals surface area contributed by atoms with Gasteiger partial charge >= 0.3 is 58.4 Å². The summed E-state index contributed by atoms with van der Waals surface area (Å²) in [5.74, 6) is 0.587. The van der Waals surface area contributed by atoms with E-state index in [0.717, 1.165) is 19.4 Å². The molecule has 1 rings (SSSR count). The molecule has 1 nitrogen and oxygen atoms in total. The third-order valence-electron chi connectivity index (χ3n) is 2.98. The van der Waals surface area contributed by atoms with Crippen molar-refractivity contribution in [3.05, 3.63) is 12.1 Å². The fraction of sp³-hybridized carbons (Fsp3) is 0.800. The Morgan fingerprint density at radius 2 is 1.81 bits per heavy atom. The summed E-state index contributed by atoms with van der Waals surface area (Å²) >= 11 is 0. The van der Waals surface area contributed by atoms with E-state index in [1.165, 1.54) is 12.8 Å². The number of rotatable bonds is 5. The SMILES string of the molecule is C=C(CN(C)CC1CCCC1)[B-](F)(F)F.[K+]. The summed E-state index contributed by atoms with van der Waals surface area (Å²) in [6.07, 6.45) is 4.77. The van der Waals surface area contributed by atoms with Crippen molar-refractivity contribution in [2.45, 2.75) is 25.7 Å². The van der Waals surface area contributed by atoms with Crippen LogP contribution in [-0.2, 0) is 0 Å². The predicted octanol–water partition coefficient (Wildman–Crippen LogP) is 0.0552. The molecule has 0 N–H and O–H groups in total. The van der Waals surface area contributed by atoms with Gasteiger partial charge < -0.3 is 17.8 Å². The Bertz CT molecular complexity index is 227. The van der Waals surface area contributed by atoms with E-state index in [1.807, 2.05) is 0 Å². The van der Waals surface area contributed by atoms with Crippen molar-refractivity contribution in [1.82, 2.24) is 4.90 Å². The molecule has 0 aromatic carbocycles. The molecule has 0 unspecified atom stereocenters. The Kier molecular flexibility index (Phi) is 8.15. The summed E-state index contributed by atoms with van der Waals surface area (Å²) in [6, 6.07) is 0. The number of halogens is 3. The molecule has 0 aromatic heterocycles. The molecule has 0 atom stereocenters. The van der Waals surface area contributed by atoms with Crippen LogP contribution in [0.4, 0.5) is 12.9 Å². The third kappa shape index (κ3) is 6.21. The first kappa shape index (κ1) is 17.2. The fourth-order valence-corrected chi connectivity index (χ4v) is 2.15. The zero-order valence-corrected chi connectivity index (χ0v) is 13.3. The van der Waals surface area contributed by atoms with Gasteiger partial charge in [-0.25, -0.2) is 0 Å². The molecule has 88 valence electrons. The van der Waals surface area contributed by atoms with E-state index in [0.29, 0.717) is 5.92 Å². The molecule has 0 bridgehead atoms. The zero-order chi connectivity index (χ0) is 11.5. The topological polar surface area (TPSA) is 3.24 Å². The maximum atomic E-state index is 12.3. The van der Waals surface area contributed by atoms with E-state index < -0.39 is 12.4 Å². The van der Waals surface area contributed by atoms with Crippen LogP contribution in [0.3, 0.4) is 0 Å². The Labute approximate surface area is 138 Å². The minimum atomic E-state index is -4.86.